The maximum Gasteiger partial charge on any atom is 0.426 e. The van der Waals surface area contributed by atoms with E-state index in [1.165, 1.54) is 6.92 Å². The van der Waals surface area contributed by atoms with Crippen molar-refractivity contribution in [3.8, 4) is 0 Å². The Bertz CT molecular complexity index is 719. The van der Waals surface area contributed by atoms with Gasteiger partial charge in [-0.15, -0.1) is 0 Å². The molecule has 26 heavy (non-hydrogen) atoms. The first kappa shape index (κ1) is 19.2. The number of aryl methyl sites for hydroxylation is 1. The Kier molecular flexibility index (Phi) is 7.36. The van der Waals surface area contributed by atoms with E-state index >= 15 is 0 Å². The van der Waals surface area contributed by atoms with Crippen LogP contribution in [0.5, 0.6) is 0 Å². The first-order chi connectivity index (χ1) is 12.6. The van der Waals surface area contributed by atoms with Crippen LogP contribution in [0.4, 0.5) is 4.79 Å². The molecule has 1 atom stereocenters. The monoisotopic (exact) mass is 354 g/mol. The fourth-order valence-electron chi connectivity index (χ4n) is 2.32. The first-order valence-electron chi connectivity index (χ1n) is 8.38. The van der Waals surface area contributed by atoms with Gasteiger partial charge in [-0.2, -0.15) is 0 Å². The van der Waals surface area contributed by atoms with Crippen molar-refractivity contribution < 1.29 is 19.1 Å². The lowest BCUT2D eigenvalue weighted by Crippen LogP contribution is -2.51. The summed E-state index contributed by atoms with van der Waals surface area (Å²) in [4.78, 5) is 35.5. The second-order valence-electron chi connectivity index (χ2n) is 5.80. The molecule has 1 N–H and O–H groups in total. The zero-order valence-corrected chi connectivity index (χ0v) is 14.6. The summed E-state index contributed by atoms with van der Waals surface area (Å²) >= 11 is 0. The highest BCUT2D eigenvalue weighted by atomic mass is 16.6. The van der Waals surface area contributed by atoms with Crippen LogP contribution in [0.1, 0.15) is 24.5 Å². The molecule has 2 rings (SSSR count). The van der Waals surface area contributed by atoms with E-state index < -0.39 is 12.1 Å². The van der Waals surface area contributed by atoms with Gasteiger partial charge >= 0.3 is 6.09 Å². The van der Waals surface area contributed by atoms with Crippen molar-refractivity contribution in [2.75, 3.05) is 0 Å². The summed E-state index contributed by atoms with van der Waals surface area (Å²) in [6.45, 7) is 1.61. The van der Waals surface area contributed by atoms with Gasteiger partial charge in [0.2, 0.25) is 5.91 Å². The highest BCUT2D eigenvalue weighted by Gasteiger charge is 2.22. The molecule has 0 spiro atoms. The van der Waals surface area contributed by atoms with Crippen LogP contribution in [0, 0.1) is 0 Å². The smallest absolute Gasteiger partial charge is 0.426 e. The van der Waals surface area contributed by atoms with Crippen molar-refractivity contribution in [3.05, 3.63) is 71.8 Å². The number of nitrogens with zero attached hydrogens (tertiary/aromatic N) is 1. The predicted molar refractivity (Wildman–Crippen MR) is 96.9 cm³/mol. The third-order valence-corrected chi connectivity index (χ3v) is 3.77. The molecule has 0 radical (unpaired) electrons. The quantitative estimate of drug-likeness (QED) is 0.613. The maximum absolute atomic E-state index is 12.4. The van der Waals surface area contributed by atoms with Crippen LogP contribution in [0.2, 0.25) is 0 Å². The molecule has 0 unspecified atom stereocenters. The highest BCUT2D eigenvalue weighted by molar-refractivity contribution is 5.82. The zero-order chi connectivity index (χ0) is 18.8. The number of ether oxygens (including phenoxy) is 1. The van der Waals surface area contributed by atoms with E-state index in [4.69, 9.17) is 4.74 Å². The number of rotatable bonds is 7. The van der Waals surface area contributed by atoms with Crippen LogP contribution in [-0.4, -0.2) is 29.3 Å². The molecule has 0 aliphatic heterocycles. The molecule has 0 fully saturated rings. The average Bonchev–Trinajstić information content (AvgIpc) is 2.69. The molecule has 0 aliphatic carbocycles. The molecule has 0 heterocycles. The molecule has 0 bridgehead atoms. The Morgan fingerprint density at radius 3 is 2.19 bits per heavy atom. The molecule has 0 saturated heterocycles. The minimum atomic E-state index is -0.789. The molecular formula is C20H22N2O4. The fourth-order valence-corrected chi connectivity index (χ4v) is 2.32. The van der Waals surface area contributed by atoms with Crippen LogP contribution in [-0.2, 0) is 27.4 Å². The largest absolute Gasteiger partial charge is 0.443 e. The third-order valence-electron chi connectivity index (χ3n) is 3.77. The van der Waals surface area contributed by atoms with E-state index in [9.17, 15) is 14.4 Å². The lowest BCUT2D eigenvalue weighted by molar-refractivity contribution is -0.139. The topological polar surface area (TPSA) is 75.7 Å². The predicted octanol–water partition coefficient (Wildman–Crippen LogP) is 2.88. The van der Waals surface area contributed by atoms with Gasteiger partial charge in [0, 0.05) is 6.42 Å². The van der Waals surface area contributed by atoms with Gasteiger partial charge in [-0.3, -0.25) is 4.79 Å². The lowest BCUT2D eigenvalue weighted by Gasteiger charge is -2.25. The van der Waals surface area contributed by atoms with Gasteiger partial charge in [0.1, 0.15) is 18.9 Å². The number of hydrogen-bond donors (Lipinski definition) is 1. The molecule has 6 nitrogen and oxygen atoms in total. The van der Waals surface area contributed by atoms with Crippen LogP contribution in [0.25, 0.3) is 0 Å². The fraction of sp³-hybridized carbons (Fsp3) is 0.250. The normalized spacial score (nSPS) is 11.3. The second-order valence-corrected chi connectivity index (χ2v) is 5.80. The first-order valence-corrected chi connectivity index (χ1v) is 8.38. The second kappa shape index (κ2) is 9.98. The lowest BCUT2D eigenvalue weighted by atomic mass is 10.1. The van der Waals surface area contributed by atoms with Crippen LogP contribution in [0.15, 0.2) is 60.7 Å². The molecular weight excluding hydrogens is 332 g/mol. The van der Waals surface area contributed by atoms with E-state index in [1.807, 2.05) is 60.7 Å². The molecule has 6 heteroatoms. The van der Waals surface area contributed by atoms with Crippen molar-refractivity contribution >= 4 is 18.3 Å². The van der Waals surface area contributed by atoms with Crippen molar-refractivity contribution in [1.29, 1.82) is 0 Å². The van der Waals surface area contributed by atoms with E-state index in [0.29, 0.717) is 12.7 Å². The number of nitrogens with one attached hydrogen (secondary N) is 1. The van der Waals surface area contributed by atoms with E-state index in [0.717, 1.165) is 16.1 Å². The Morgan fingerprint density at radius 2 is 1.62 bits per heavy atom. The maximum atomic E-state index is 12.4. The zero-order valence-electron chi connectivity index (χ0n) is 14.6. The summed E-state index contributed by atoms with van der Waals surface area (Å²) in [5, 5.41) is 1.02. The van der Waals surface area contributed by atoms with Crippen molar-refractivity contribution in [1.82, 2.24) is 10.4 Å². The Morgan fingerprint density at radius 1 is 1.04 bits per heavy atom. The molecule has 0 aliphatic rings. The average molecular weight is 354 g/mol. The minimum Gasteiger partial charge on any atom is -0.443 e. The van der Waals surface area contributed by atoms with Gasteiger partial charge in [0.15, 0.2) is 0 Å². The van der Waals surface area contributed by atoms with E-state index in [2.05, 4.69) is 5.43 Å². The third kappa shape index (κ3) is 6.05. The van der Waals surface area contributed by atoms with Gasteiger partial charge in [-0.25, -0.2) is 15.2 Å². The molecule has 0 saturated carbocycles. The molecule has 136 valence electrons. The minimum absolute atomic E-state index is 0.0776. The Labute approximate surface area is 152 Å². The van der Waals surface area contributed by atoms with Crippen molar-refractivity contribution in [2.24, 2.45) is 0 Å². The Balaban J connectivity index is 1.90. The number of carbonyl (C=O) groups excluding carboxylic acids is 3. The van der Waals surface area contributed by atoms with E-state index in [-0.39, 0.29) is 18.9 Å². The number of hydrazine groups is 1. The van der Waals surface area contributed by atoms with Gasteiger partial charge in [-0.1, -0.05) is 60.7 Å². The molecule has 2 amide bonds. The summed E-state index contributed by atoms with van der Waals surface area (Å²) in [7, 11) is 0. The van der Waals surface area contributed by atoms with Crippen LogP contribution in [0.3, 0.4) is 0 Å². The number of benzene rings is 2. The number of aldehydes is 1. The number of hydrogen-bond acceptors (Lipinski definition) is 4. The van der Waals surface area contributed by atoms with Crippen LogP contribution >= 0.6 is 0 Å². The molecule has 2 aromatic rings. The highest BCUT2D eigenvalue weighted by Crippen LogP contribution is 2.06. The SMILES string of the molecule is C[C@@H](C=O)N(NC(=O)OCc1ccccc1)C(=O)CCc1ccccc1. The standard InChI is InChI=1S/C20H22N2O4/c1-16(14-23)22(19(24)13-12-17-8-4-2-5-9-17)21-20(25)26-15-18-10-6-3-7-11-18/h2-11,14,16H,12-13,15H2,1H3,(H,21,25)/t16-/m0/s1. The van der Waals surface area contributed by atoms with Gasteiger partial charge in [-0.05, 0) is 24.5 Å². The summed E-state index contributed by atoms with van der Waals surface area (Å²) < 4.78 is 5.11. The summed E-state index contributed by atoms with van der Waals surface area (Å²) in [6, 6.07) is 17.9. The molecule has 0 aromatic heterocycles. The van der Waals surface area contributed by atoms with Crippen LogP contribution < -0.4 is 5.43 Å². The summed E-state index contributed by atoms with van der Waals surface area (Å²) in [5.41, 5.74) is 4.20. The summed E-state index contributed by atoms with van der Waals surface area (Å²) in [5.74, 6) is -0.356. The van der Waals surface area contributed by atoms with Gasteiger partial charge in [0.05, 0.1) is 0 Å². The van der Waals surface area contributed by atoms with Crippen molar-refractivity contribution in [3.63, 3.8) is 0 Å². The Hall–Kier alpha value is -3.15. The van der Waals surface area contributed by atoms with Gasteiger partial charge in [0.25, 0.3) is 0 Å². The number of carbonyl (C=O) groups is 3. The van der Waals surface area contributed by atoms with E-state index in [1.54, 1.807) is 0 Å². The summed E-state index contributed by atoms with van der Waals surface area (Å²) in [6.07, 6.45) is 0.497. The van der Waals surface area contributed by atoms with Gasteiger partial charge < -0.3 is 9.53 Å². The molecule has 2 aromatic carbocycles. The number of amides is 2. The van der Waals surface area contributed by atoms with Crippen molar-refractivity contribution in [2.45, 2.75) is 32.4 Å².